The van der Waals surface area contributed by atoms with E-state index in [1.165, 1.54) is 191 Å². The average Bonchev–Trinajstić information content (AvgIpc) is 0.752. The number of hydrogen-bond donors (Lipinski definition) is 0. The van der Waals surface area contributed by atoms with Gasteiger partial charge in [-0.1, -0.05) is 231 Å². The summed E-state index contributed by atoms with van der Waals surface area (Å²) in [5.41, 5.74) is 49.7. The Balaban J connectivity index is 0.0000000927. The Morgan fingerprint density at radius 2 is 0.491 bits per heavy atom. The molecule has 13 aromatic carbocycles. The summed E-state index contributed by atoms with van der Waals surface area (Å²) in [4.78, 5) is 22.4. The van der Waals surface area contributed by atoms with E-state index in [0.717, 1.165) is 82.9 Å². The Bertz CT molecular complexity index is 5780. The van der Waals surface area contributed by atoms with E-state index in [0.29, 0.717) is 0 Å². The van der Waals surface area contributed by atoms with Crippen LogP contribution < -0.4 is 29.4 Å². The zero-order chi connectivity index (χ0) is 76.9. The summed E-state index contributed by atoms with van der Waals surface area (Å²) < 4.78 is 0. The molecule has 0 radical (unpaired) electrons. The van der Waals surface area contributed by atoms with E-state index in [1.54, 1.807) is 5.56 Å². The molecule has 0 saturated carbocycles. The number of rotatable bonds is 0. The van der Waals surface area contributed by atoms with Crippen molar-refractivity contribution in [2.24, 2.45) is 0 Å². The Morgan fingerprint density at radius 3 is 0.991 bits per heavy atom. The predicted octanol–water partition coefficient (Wildman–Crippen LogP) is 23.4. The maximum Gasteiger partial charge on any atom is 0.136 e. The minimum absolute atomic E-state index is 0.990. The molecule has 15 aromatic rings. The molecule has 0 bridgehead atoms. The van der Waals surface area contributed by atoms with E-state index in [-0.39, 0.29) is 0 Å². The zero-order valence-electron chi connectivity index (χ0n) is 66.1. The minimum atomic E-state index is 0.990. The fourth-order valence-corrected chi connectivity index (χ4v) is 19.3. The number of nitrogens with zero attached hydrogens (tertiary/aromatic N) is 8. The molecule has 6 aliphatic heterocycles. The van der Waals surface area contributed by atoms with Gasteiger partial charge in [0.2, 0.25) is 0 Å². The number of para-hydroxylation sites is 7. The quantitative estimate of drug-likeness (QED) is 0.149. The topological polar surface area (TPSA) is 45.2 Å². The van der Waals surface area contributed by atoms with Gasteiger partial charge in [0, 0.05) is 156 Å². The van der Waals surface area contributed by atoms with Crippen molar-refractivity contribution in [2.75, 3.05) is 71.7 Å². The second-order valence-corrected chi connectivity index (χ2v) is 31.8. The molecule has 24 rings (SSSR count). The van der Waals surface area contributed by atoms with E-state index in [1.807, 2.05) is 24.7 Å². The molecule has 0 amide bonds. The highest BCUT2D eigenvalue weighted by molar-refractivity contribution is 5.81. The second kappa shape index (κ2) is 30.6. The van der Waals surface area contributed by atoms with Gasteiger partial charge in [-0.3, -0.25) is 4.98 Å². The van der Waals surface area contributed by atoms with Crippen LogP contribution in [0.25, 0.3) is 0 Å². The van der Waals surface area contributed by atoms with Crippen LogP contribution in [0.3, 0.4) is 0 Å². The summed E-state index contributed by atoms with van der Waals surface area (Å²) in [6.07, 6.45) is 18.3. The molecule has 114 heavy (non-hydrogen) atoms. The number of fused-ring (bicyclic) bond motifs is 20. The van der Waals surface area contributed by atoms with Crippen LogP contribution in [0, 0.1) is 0 Å². The summed E-state index contributed by atoms with van der Waals surface area (Å²) in [5, 5.41) is 0. The van der Waals surface area contributed by atoms with Crippen LogP contribution in [0.15, 0.2) is 316 Å². The molecule has 0 fully saturated rings. The number of pyridine rings is 2. The standard InChI is InChI=1S/3C22H19N.C14H13N.2C13H12N2/c1-23-21-9-5-4-8-17(21)12-20-13-18-10-15-6-2-3-7-16(15)11-19(18)14-22(20)23;1-23-21-9-5-4-8-18(21)13-19-11-10-17-12-15-6-2-3-7-16(15)14-20(17)22(19)23;1-23-21-9-5-4-8-18(21)14-20-19-13-16-7-3-2-6-15(16)12-17(19)10-11-22(20)23;1-15-13-8-4-2-6-11(13)10-12-7-3-5-9-14(12)15;1-15-12-7-3-2-5-10(12)9-11-6-4-8-14-13(11)15;1-15-12-5-3-2-4-10(12)8-11-6-7-14-9-13(11)15/h2-9,13-14H,10-12H2,1H3;2*2-11H,12-14H2,1H3;2-9H,10H2,1H3;2-8H,9H2,1H3;2-7,9H,8H2,1H3. The monoisotopic (exact) mass is 1480 g/mol. The fourth-order valence-electron chi connectivity index (χ4n) is 19.3. The molecule has 8 nitrogen and oxygen atoms in total. The van der Waals surface area contributed by atoms with Crippen LogP contribution in [-0.2, 0) is 77.0 Å². The maximum atomic E-state index is 4.43. The highest BCUT2D eigenvalue weighted by Crippen LogP contribution is 2.48. The molecule has 0 unspecified atom stereocenters. The van der Waals surface area contributed by atoms with Gasteiger partial charge in [-0.05, 0) is 232 Å². The van der Waals surface area contributed by atoms with Crippen molar-refractivity contribution in [1.29, 1.82) is 0 Å². The molecule has 0 spiro atoms. The van der Waals surface area contributed by atoms with Gasteiger partial charge in [-0.2, -0.15) is 0 Å². The van der Waals surface area contributed by atoms with Gasteiger partial charge in [0.05, 0.1) is 11.9 Å². The largest absolute Gasteiger partial charge is 0.344 e. The molecule has 3 aliphatic carbocycles. The van der Waals surface area contributed by atoms with Gasteiger partial charge < -0.3 is 29.4 Å². The first kappa shape index (κ1) is 71.3. The molecule has 2 aromatic heterocycles. The van der Waals surface area contributed by atoms with Gasteiger partial charge >= 0.3 is 0 Å². The molecular weight excluding hydrogens is 1390 g/mol. The first-order valence-corrected chi connectivity index (χ1v) is 40.5. The average molecular weight is 1480 g/mol. The lowest BCUT2D eigenvalue weighted by atomic mass is 9.80. The van der Waals surface area contributed by atoms with Crippen LogP contribution in [0.5, 0.6) is 0 Å². The van der Waals surface area contributed by atoms with Gasteiger partial charge in [0.1, 0.15) is 5.82 Å². The van der Waals surface area contributed by atoms with Crippen molar-refractivity contribution in [3.8, 4) is 0 Å². The number of aromatic nitrogens is 2. The Hall–Kier alpha value is -13.0. The summed E-state index contributed by atoms with van der Waals surface area (Å²) in [7, 11) is 12.9. The third kappa shape index (κ3) is 13.5. The maximum absolute atomic E-state index is 4.43. The molecule has 0 saturated heterocycles. The first-order valence-electron chi connectivity index (χ1n) is 40.5. The molecule has 9 aliphatic rings. The highest BCUT2D eigenvalue weighted by atomic mass is 15.2. The summed E-state index contributed by atoms with van der Waals surface area (Å²) in [5.74, 6) is 1.08. The van der Waals surface area contributed by atoms with Crippen LogP contribution in [0.2, 0.25) is 0 Å². The lowest BCUT2D eigenvalue weighted by molar-refractivity contribution is 0.946. The first-order chi connectivity index (χ1) is 56.0. The molecule has 8 heterocycles. The predicted molar refractivity (Wildman–Crippen MR) is 474 cm³/mol. The van der Waals surface area contributed by atoms with Gasteiger partial charge in [0.15, 0.2) is 0 Å². The minimum Gasteiger partial charge on any atom is -0.344 e. The number of anilines is 12. The van der Waals surface area contributed by atoms with Crippen LogP contribution in [-0.4, -0.2) is 52.3 Å². The van der Waals surface area contributed by atoms with E-state index in [9.17, 15) is 0 Å². The van der Waals surface area contributed by atoms with E-state index >= 15 is 0 Å². The fraction of sp³-hybridized carbons (Fsp3) is 0.170. The zero-order valence-corrected chi connectivity index (χ0v) is 66.1. The Kier molecular flexibility index (Phi) is 19.1. The van der Waals surface area contributed by atoms with Gasteiger partial charge in [-0.15, -0.1) is 0 Å². The lowest BCUT2D eigenvalue weighted by Crippen LogP contribution is -2.22. The normalized spacial score (nSPS) is 14.1. The third-order valence-electron chi connectivity index (χ3n) is 25.2. The third-order valence-corrected chi connectivity index (χ3v) is 25.2. The van der Waals surface area contributed by atoms with Crippen molar-refractivity contribution in [2.45, 2.75) is 77.0 Å². The Labute approximate surface area is 672 Å². The van der Waals surface area contributed by atoms with Gasteiger partial charge in [-0.25, -0.2) is 4.98 Å². The molecule has 558 valence electrons. The second-order valence-electron chi connectivity index (χ2n) is 31.8. The SMILES string of the molecule is CN1c2ccccc2Cc2c1ccc1c2Cc2ccccc2C1.CN1c2ccccc2Cc2cc3c(cc21)Cc1ccccc1C3.CN1c2ccccc2Cc2ccc3c(c21)Cc1ccccc1C3.CN1c2ccccc2Cc2ccccc21.CN1c2ccccc2Cc2cccnc21.CN1c2ccccc2Cc2ccncc21. The van der Waals surface area contributed by atoms with Crippen molar-refractivity contribution < 1.29 is 0 Å². The number of hydrogen-bond acceptors (Lipinski definition) is 8. The van der Waals surface area contributed by atoms with Crippen molar-refractivity contribution in [1.82, 2.24) is 9.97 Å². The van der Waals surface area contributed by atoms with Crippen molar-refractivity contribution in [3.05, 3.63) is 449 Å². The molecule has 8 heteroatoms. The van der Waals surface area contributed by atoms with E-state index < -0.39 is 0 Å². The van der Waals surface area contributed by atoms with E-state index in [4.69, 9.17) is 0 Å². The molecular formula is C106H94N8. The molecule has 0 atom stereocenters. The van der Waals surface area contributed by atoms with Crippen LogP contribution in [0.4, 0.5) is 68.4 Å². The van der Waals surface area contributed by atoms with Gasteiger partial charge in [0.25, 0.3) is 0 Å². The number of benzene rings is 13. The highest BCUT2D eigenvalue weighted by Gasteiger charge is 2.31. The summed E-state index contributed by atoms with van der Waals surface area (Å²) in [6, 6.07) is 108. The smallest absolute Gasteiger partial charge is 0.136 e. The van der Waals surface area contributed by atoms with Crippen molar-refractivity contribution in [3.63, 3.8) is 0 Å². The van der Waals surface area contributed by atoms with Crippen molar-refractivity contribution >= 4 is 68.4 Å². The van der Waals surface area contributed by atoms with E-state index in [2.05, 4.69) is 373 Å². The van der Waals surface area contributed by atoms with Crippen LogP contribution in [0.1, 0.15) is 134 Å². The van der Waals surface area contributed by atoms with Crippen LogP contribution >= 0.6 is 0 Å². The summed E-state index contributed by atoms with van der Waals surface area (Å²) >= 11 is 0. The molecule has 0 N–H and O–H groups in total. The summed E-state index contributed by atoms with van der Waals surface area (Å²) in [6.45, 7) is 0. The lowest BCUT2D eigenvalue weighted by Gasteiger charge is -2.34. The Morgan fingerprint density at radius 1 is 0.184 bits per heavy atom.